The summed E-state index contributed by atoms with van der Waals surface area (Å²) in [4.78, 5) is 25.1. The van der Waals surface area contributed by atoms with E-state index in [0.717, 1.165) is 10.4 Å². The summed E-state index contributed by atoms with van der Waals surface area (Å²) in [7, 11) is 0. The van der Waals surface area contributed by atoms with Gasteiger partial charge in [0.15, 0.2) is 12.6 Å². The first-order chi connectivity index (χ1) is 12.5. The molecule has 10 heteroatoms. The molecule has 0 spiro atoms. The number of carbonyl (C=O) groups is 2. The van der Waals surface area contributed by atoms with Gasteiger partial charge in [-0.15, -0.1) is 10.2 Å². The molecule has 0 aliphatic rings. The normalized spacial score (nSPS) is 11.8. The van der Waals surface area contributed by atoms with Crippen LogP contribution in [0.25, 0.3) is 11.4 Å². The minimum absolute atomic E-state index is 0.273. The second kappa shape index (κ2) is 7.83. The highest BCUT2D eigenvalue weighted by molar-refractivity contribution is 7.08. The van der Waals surface area contributed by atoms with Crippen molar-refractivity contribution in [1.29, 1.82) is 0 Å². The average molecular weight is 375 g/mol. The maximum atomic E-state index is 12.9. The van der Waals surface area contributed by atoms with Gasteiger partial charge < -0.3 is 10.1 Å². The number of esters is 1. The molecule has 8 nitrogen and oxygen atoms in total. The summed E-state index contributed by atoms with van der Waals surface area (Å²) in [6, 6.07) is 7.09. The van der Waals surface area contributed by atoms with Crippen LogP contribution < -0.4 is 5.32 Å². The van der Waals surface area contributed by atoms with E-state index in [1.807, 2.05) is 16.8 Å². The van der Waals surface area contributed by atoms with Crippen molar-refractivity contribution in [3.05, 3.63) is 46.9 Å². The van der Waals surface area contributed by atoms with Crippen molar-refractivity contribution in [2.75, 3.05) is 5.32 Å². The molecule has 0 fully saturated rings. The number of halogens is 1. The van der Waals surface area contributed by atoms with E-state index in [2.05, 4.69) is 20.7 Å². The third-order valence-corrected chi connectivity index (χ3v) is 3.98. The van der Waals surface area contributed by atoms with Gasteiger partial charge in [0.2, 0.25) is 5.82 Å². The third kappa shape index (κ3) is 4.48. The van der Waals surface area contributed by atoms with Gasteiger partial charge in [0, 0.05) is 16.6 Å². The molecule has 134 valence electrons. The number of aromatic nitrogens is 4. The molecule has 0 aliphatic heterocycles. The number of carbonyl (C=O) groups excluding carboxylic acids is 2. The second-order valence-corrected chi connectivity index (χ2v) is 6.06. The zero-order chi connectivity index (χ0) is 18.5. The number of ether oxygens (including phenoxy) is 1. The number of thiophene rings is 1. The fourth-order valence-corrected chi connectivity index (χ4v) is 2.63. The minimum atomic E-state index is -1.03. The number of rotatable bonds is 6. The number of hydrogen-bond acceptors (Lipinski definition) is 7. The predicted octanol–water partition coefficient (Wildman–Crippen LogP) is 2.11. The van der Waals surface area contributed by atoms with Gasteiger partial charge >= 0.3 is 5.97 Å². The zero-order valence-electron chi connectivity index (χ0n) is 13.6. The van der Waals surface area contributed by atoms with Gasteiger partial charge in [-0.05, 0) is 47.8 Å². The first kappa shape index (κ1) is 17.7. The Bertz CT molecular complexity index is 895. The van der Waals surface area contributed by atoms with Crippen molar-refractivity contribution in [3.63, 3.8) is 0 Å². The van der Waals surface area contributed by atoms with Crippen LogP contribution >= 0.6 is 11.3 Å². The molecule has 0 bridgehead atoms. The molecule has 2 aromatic heterocycles. The van der Waals surface area contributed by atoms with Gasteiger partial charge in [-0.1, -0.05) is 0 Å². The van der Waals surface area contributed by atoms with E-state index in [0.29, 0.717) is 11.5 Å². The van der Waals surface area contributed by atoms with Gasteiger partial charge in [-0.2, -0.15) is 16.1 Å². The summed E-state index contributed by atoms with van der Waals surface area (Å²) in [6.45, 7) is 1.16. The van der Waals surface area contributed by atoms with E-state index in [9.17, 15) is 14.0 Å². The first-order valence-electron chi connectivity index (χ1n) is 7.57. The Morgan fingerprint density at radius 2 is 2.08 bits per heavy atom. The number of nitrogens with one attached hydrogen (secondary N) is 1. The number of tetrazole rings is 1. The van der Waals surface area contributed by atoms with Crippen molar-refractivity contribution >= 4 is 28.9 Å². The molecular formula is C16H14FN5O3S. The van der Waals surface area contributed by atoms with E-state index >= 15 is 0 Å². The smallest absolute Gasteiger partial charge is 0.330 e. The molecule has 2 heterocycles. The Labute approximate surface area is 151 Å². The monoisotopic (exact) mass is 375 g/mol. The summed E-state index contributed by atoms with van der Waals surface area (Å²) in [6.07, 6.45) is -1.03. The van der Waals surface area contributed by atoms with Crippen LogP contribution in [-0.4, -0.2) is 38.2 Å². The molecule has 3 rings (SSSR count). The molecule has 1 N–H and O–H groups in total. The van der Waals surface area contributed by atoms with Crippen LogP contribution in [0.1, 0.15) is 6.92 Å². The highest BCUT2D eigenvalue weighted by Gasteiger charge is 2.19. The molecule has 0 aliphatic carbocycles. The van der Waals surface area contributed by atoms with E-state index in [4.69, 9.17) is 4.74 Å². The molecule has 0 unspecified atom stereocenters. The van der Waals surface area contributed by atoms with Gasteiger partial charge in [0.05, 0.1) is 0 Å². The van der Waals surface area contributed by atoms with E-state index in [-0.39, 0.29) is 6.54 Å². The van der Waals surface area contributed by atoms with Crippen LogP contribution in [0.4, 0.5) is 10.1 Å². The summed E-state index contributed by atoms with van der Waals surface area (Å²) in [5, 5.41) is 18.0. The molecule has 1 aromatic carbocycles. The Morgan fingerprint density at radius 3 is 2.77 bits per heavy atom. The molecule has 1 amide bonds. The number of hydrogen-bond donors (Lipinski definition) is 1. The zero-order valence-corrected chi connectivity index (χ0v) is 14.4. The van der Waals surface area contributed by atoms with Crippen LogP contribution in [0.2, 0.25) is 0 Å². The lowest BCUT2D eigenvalue weighted by Crippen LogP contribution is -2.31. The Hall–Kier alpha value is -3.14. The number of anilines is 1. The lowest BCUT2D eigenvalue weighted by Gasteiger charge is -2.13. The SMILES string of the molecule is C[C@H](OC(=O)Cn1nnc(-c2ccsc2)n1)C(=O)Nc1ccc(F)cc1. The second-order valence-electron chi connectivity index (χ2n) is 5.28. The Balaban J connectivity index is 1.52. The molecule has 0 radical (unpaired) electrons. The summed E-state index contributed by atoms with van der Waals surface area (Å²) >= 11 is 1.50. The molecular weight excluding hydrogens is 361 g/mol. The maximum Gasteiger partial charge on any atom is 0.330 e. The summed E-state index contributed by atoms with van der Waals surface area (Å²) in [5.41, 5.74) is 1.21. The average Bonchev–Trinajstić information content (AvgIpc) is 3.28. The van der Waals surface area contributed by atoms with Crippen molar-refractivity contribution in [1.82, 2.24) is 20.2 Å². The number of benzene rings is 1. The van der Waals surface area contributed by atoms with Gasteiger partial charge in [-0.25, -0.2) is 9.18 Å². The van der Waals surface area contributed by atoms with Crippen LogP contribution in [0.15, 0.2) is 41.1 Å². The Morgan fingerprint density at radius 1 is 1.31 bits per heavy atom. The van der Waals surface area contributed by atoms with E-state index < -0.39 is 23.8 Å². The molecule has 0 saturated carbocycles. The Kier molecular flexibility index (Phi) is 5.32. The standard InChI is InChI=1S/C16H14FN5O3S/c1-10(16(24)18-13-4-2-12(17)3-5-13)25-14(23)8-22-20-15(19-21-22)11-6-7-26-9-11/h2-7,9-10H,8H2,1H3,(H,18,24)/t10-/m0/s1. The minimum Gasteiger partial charge on any atom is -0.451 e. The quantitative estimate of drug-likeness (QED) is 0.663. The van der Waals surface area contributed by atoms with Gasteiger partial charge in [-0.3, -0.25) is 4.79 Å². The fourth-order valence-electron chi connectivity index (χ4n) is 2.00. The lowest BCUT2D eigenvalue weighted by atomic mass is 10.3. The highest BCUT2D eigenvalue weighted by Crippen LogP contribution is 2.16. The molecule has 1 atom stereocenters. The van der Waals surface area contributed by atoms with E-state index in [1.165, 1.54) is 42.5 Å². The summed E-state index contributed by atoms with van der Waals surface area (Å²) < 4.78 is 17.9. The number of nitrogens with zero attached hydrogens (tertiary/aromatic N) is 4. The fraction of sp³-hybridized carbons (Fsp3) is 0.188. The van der Waals surface area contributed by atoms with Crippen molar-refractivity contribution < 1.29 is 18.7 Å². The maximum absolute atomic E-state index is 12.9. The van der Waals surface area contributed by atoms with Gasteiger partial charge in [0.25, 0.3) is 5.91 Å². The summed E-state index contributed by atoms with van der Waals surface area (Å²) in [5.74, 6) is -1.22. The van der Waals surface area contributed by atoms with Crippen molar-refractivity contribution in [3.8, 4) is 11.4 Å². The van der Waals surface area contributed by atoms with Crippen molar-refractivity contribution in [2.24, 2.45) is 0 Å². The molecule has 26 heavy (non-hydrogen) atoms. The van der Waals surface area contributed by atoms with Crippen LogP contribution in [0.3, 0.4) is 0 Å². The van der Waals surface area contributed by atoms with Crippen LogP contribution in [-0.2, 0) is 20.9 Å². The first-order valence-corrected chi connectivity index (χ1v) is 8.52. The highest BCUT2D eigenvalue weighted by atomic mass is 32.1. The topological polar surface area (TPSA) is 99.0 Å². The number of amides is 1. The molecule has 0 saturated heterocycles. The molecule has 3 aromatic rings. The lowest BCUT2D eigenvalue weighted by molar-refractivity contribution is -0.154. The van der Waals surface area contributed by atoms with Crippen molar-refractivity contribution in [2.45, 2.75) is 19.6 Å². The van der Waals surface area contributed by atoms with E-state index in [1.54, 1.807) is 0 Å². The predicted molar refractivity (Wildman–Crippen MR) is 91.7 cm³/mol. The van der Waals surface area contributed by atoms with Gasteiger partial charge in [0.1, 0.15) is 5.82 Å². The van der Waals surface area contributed by atoms with Crippen LogP contribution in [0, 0.1) is 5.82 Å². The third-order valence-electron chi connectivity index (χ3n) is 3.29. The van der Waals surface area contributed by atoms with Crippen LogP contribution in [0.5, 0.6) is 0 Å². The largest absolute Gasteiger partial charge is 0.451 e.